The van der Waals surface area contributed by atoms with Gasteiger partial charge in [0.05, 0.1) is 4.92 Å². The zero-order chi connectivity index (χ0) is 19.9. The summed E-state index contributed by atoms with van der Waals surface area (Å²) in [5.41, 5.74) is -0.337. The molecule has 1 aromatic rings. The predicted molar refractivity (Wildman–Crippen MR) is 97.0 cm³/mol. The molecule has 3 rings (SSSR count). The summed E-state index contributed by atoms with van der Waals surface area (Å²) in [7, 11) is 0. The number of fused-ring (bicyclic) bond motifs is 1. The summed E-state index contributed by atoms with van der Waals surface area (Å²) >= 11 is 0. The Hall–Kier alpha value is -2.71. The minimum absolute atomic E-state index is 0.0212. The fraction of sp³-hybridized carbons (Fsp3) is 0.611. The van der Waals surface area contributed by atoms with E-state index >= 15 is 0 Å². The van der Waals surface area contributed by atoms with Crippen molar-refractivity contribution in [2.45, 2.75) is 39.3 Å². The van der Waals surface area contributed by atoms with Gasteiger partial charge in [-0.1, -0.05) is 6.92 Å². The average molecular weight is 376 g/mol. The first-order chi connectivity index (χ1) is 12.6. The van der Waals surface area contributed by atoms with Crippen molar-refractivity contribution in [2.24, 2.45) is 17.8 Å². The molecule has 0 aromatic carbocycles. The van der Waals surface area contributed by atoms with Gasteiger partial charge in [0.25, 0.3) is 0 Å². The van der Waals surface area contributed by atoms with Gasteiger partial charge < -0.3 is 15.0 Å². The Labute approximate surface area is 157 Å². The van der Waals surface area contributed by atoms with Gasteiger partial charge in [-0.2, -0.15) is 0 Å². The maximum atomic E-state index is 12.6. The second kappa shape index (κ2) is 6.79. The average Bonchev–Trinajstić information content (AvgIpc) is 2.90. The molecule has 0 spiro atoms. The number of hydrogen-bond donors (Lipinski definition) is 1. The molecule has 9 nitrogen and oxygen atoms in total. The van der Waals surface area contributed by atoms with E-state index in [-0.39, 0.29) is 29.5 Å². The Bertz CT molecular complexity index is 775. The van der Waals surface area contributed by atoms with Crippen molar-refractivity contribution in [1.29, 1.82) is 0 Å². The Balaban J connectivity index is 1.89. The van der Waals surface area contributed by atoms with Crippen LogP contribution in [0.4, 0.5) is 11.4 Å². The molecule has 27 heavy (non-hydrogen) atoms. The third-order valence-corrected chi connectivity index (χ3v) is 5.01. The number of piperidine rings is 1. The molecule has 9 heteroatoms. The Morgan fingerprint density at radius 1 is 1.41 bits per heavy atom. The van der Waals surface area contributed by atoms with Crippen molar-refractivity contribution in [2.75, 3.05) is 18.0 Å². The van der Waals surface area contributed by atoms with Gasteiger partial charge >= 0.3 is 11.7 Å². The van der Waals surface area contributed by atoms with E-state index in [4.69, 9.17) is 4.74 Å². The number of anilines is 1. The Kier molecular flexibility index (Phi) is 4.79. The Morgan fingerprint density at radius 3 is 2.74 bits per heavy atom. The lowest BCUT2D eigenvalue weighted by atomic mass is 9.80. The number of pyridine rings is 1. The molecule has 4 atom stereocenters. The summed E-state index contributed by atoms with van der Waals surface area (Å²) in [6.07, 6.45) is 2.72. The molecule has 2 aliphatic heterocycles. The van der Waals surface area contributed by atoms with Crippen LogP contribution < -0.4 is 10.2 Å². The normalized spacial score (nSPS) is 27.7. The maximum Gasteiger partial charge on any atom is 0.319 e. The van der Waals surface area contributed by atoms with E-state index in [0.717, 1.165) is 0 Å². The standard InChI is InChI=1S/C18H24N4O5/c1-10-8-21(12-5-6-19-7-13(12)22(25)26)9-11-14(16(23)20-15(10)11)17(24)27-18(2,3)4/h5-7,10-11,14-15H,8-9H2,1-4H3,(H,20,23)/t10-,11-,14?,15+/m0/s1. The zero-order valence-corrected chi connectivity index (χ0v) is 15.8. The van der Waals surface area contributed by atoms with Gasteiger partial charge in [0.2, 0.25) is 5.91 Å². The van der Waals surface area contributed by atoms with Gasteiger partial charge in [-0.25, -0.2) is 0 Å². The summed E-state index contributed by atoms with van der Waals surface area (Å²) in [6.45, 7) is 8.12. The van der Waals surface area contributed by atoms with Crippen LogP contribution in [0.5, 0.6) is 0 Å². The minimum Gasteiger partial charge on any atom is -0.459 e. The van der Waals surface area contributed by atoms with Crippen LogP contribution >= 0.6 is 0 Å². The van der Waals surface area contributed by atoms with Crippen LogP contribution in [0, 0.1) is 27.9 Å². The number of carbonyl (C=O) groups excluding carboxylic acids is 2. The molecule has 0 aliphatic carbocycles. The second-order valence-electron chi connectivity index (χ2n) is 8.21. The van der Waals surface area contributed by atoms with Crippen molar-refractivity contribution >= 4 is 23.3 Å². The van der Waals surface area contributed by atoms with Crippen LogP contribution in [0.2, 0.25) is 0 Å². The van der Waals surface area contributed by atoms with E-state index in [1.807, 2.05) is 11.8 Å². The molecule has 2 aliphatic rings. The van der Waals surface area contributed by atoms with Crippen LogP contribution in [-0.4, -0.2) is 46.5 Å². The molecular formula is C18H24N4O5. The number of esters is 1. The molecule has 2 saturated heterocycles. The van der Waals surface area contributed by atoms with Crippen LogP contribution in [0.1, 0.15) is 27.7 Å². The predicted octanol–water partition coefficient (Wildman–Crippen LogP) is 1.52. The third kappa shape index (κ3) is 3.72. The van der Waals surface area contributed by atoms with Gasteiger partial charge in [0.15, 0.2) is 0 Å². The van der Waals surface area contributed by atoms with Crippen molar-refractivity contribution in [1.82, 2.24) is 10.3 Å². The van der Waals surface area contributed by atoms with E-state index in [2.05, 4.69) is 10.3 Å². The molecule has 1 aromatic heterocycles. The lowest BCUT2D eigenvalue weighted by Crippen LogP contribution is -2.52. The number of nitrogens with zero attached hydrogens (tertiary/aromatic N) is 3. The van der Waals surface area contributed by atoms with Crippen LogP contribution in [-0.2, 0) is 14.3 Å². The molecular weight excluding hydrogens is 352 g/mol. The quantitative estimate of drug-likeness (QED) is 0.368. The summed E-state index contributed by atoms with van der Waals surface area (Å²) < 4.78 is 5.44. The molecule has 146 valence electrons. The van der Waals surface area contributed by atoms with E-state index in [1.54, 1.807) is 26.8 Å². The first-order valence-electron chi connectivity index (χ1n) is 8.95. The lowest BCUT2D eigenvalue weighted by molar-refractivity contribution is -0.384. The largest absolute Gasteiger partial charge is 0.459 e. The van der Waals surface area contributed by atoms with Crippen molar-refractivity contribution in [3.63, 3.8) is 0 Å². The molecule has 3 heterocycles. The molecule has 0 bridgehead atoms. The monoisotopic (exact) mass is 376 g/mol. The summed E-state index contributed by atoms with van der Waals surface area (Å²) in [5, 5.41) is 14.3. The highest BCUT2D eigenvalue weighted by molar-refractivity contribution is 6.00. The molecule has 0 radical (unpaired) electrons. The highest BCUT2D eigenvalue weighted by Gasteiger charge is 2.52. The fourth-order valence-corrected chi connectivity index (χ4v) is 3.97. The minimum atomic E-state index is -0.916. The van der Waals surface area contributed by atoms with Crippen molar-refractivity contribution in [3.05, 3.63) is 28.6 Å². The zero-order valence-electron chi connectivity index (χ0n) is 15.8. The summed E-state index contributed by atoms with van der Waals surface area (Å²) in [6, 6.07) is 1.44. The number of ether oxygens (including phenoxy) is 1. The number of rotatable bonds is 3. The highest BCUT2D eigenvalue weighted by atomic mass is 16.6. The lowest BCUT2D eigenvalue weighted by Gasteiger charge is -2.40. The van der Waals surface area contributed by atoms with Gasteiger partial charge in [0, 0.05) is 31.2 Å². The third-order valence-electron chi connectivity index (χ3n) is 5.01. The number of aromatic nitrogens is 1. The smallest absolute Gasteiger partial charge is 0.319 e. The first kappa shape index (κ1) is 19.1. The first-order valence-corrected chi connectivity index (χ1v) is 8.95. The van der Waals surface area contributed by atoms with E-state index < -0.39 is 22.4 Å². The van der Waals surface area contributed by atoms with E-state index in [0.29, 0.717) is 18.8 Å². The SMILES string of the molecule is C[C@H]1CN(c2ccncc2[N+](=O)[O-])C[C@H]2C(C(=O)OC(C)(C)C)C(=O)N[C@H]12. The van der Waals surface area contributed by atoms with Gasteiger partial charge in [-0.3, -0.25) is 24.7 Å². The van der Waals surface area contributed by atoms with Gasteiger partial charge in [-0.05, 0) is 32.8 Å². The summed E-state index contributed by atoms with van der Waals surface area (Å²) in [4.78, 5) is 41.7. The number of nitro groups is 1. The molecule has 0 saturated carbocycles. The molecule has 1 N–H and O–H groups in total. The topological polar surface area (TPSA) is 115 Å². The molecule has 1 unspecified atom stereocenters. The number of amides is 1. The number of hydrogen-bond acceptors (Lipinski definition) is 7. The van der Waals surface area contributed by atoms with Crippen LogP contribution in [0.3, 0.4) is 0 Å². The summed E-state index contributed by atoms with van der Waals surface area (Å²) in [5.74, 6) is -2.10. The fourth-order valence-electron chi connectivity index (χ4n) is 3.97. The van der Waals surface area contributed by atoms with Gasteiger partial charge in [-0.15, -0.1) is 0 Å². The number of nitrogens with one attached hydrogen (secondary N) is 1. The van der Waals surface area contributed by atoms with Crippen molar-refractivity contribution < 1.29 is 19.2 Å². The second-order valence-corrected chi connectivity index (χ2v) is 8.21. The van der Waals surface area contributed by atoms with Gasteiger partial charge in [0.1, 0.15) is 23.4 Å². The van der Waals surface area contributed by atoms with E-state index in [9.17, 15) is 19.7 Å². The van der Waals surface area contributed by atoms with E-state index in [1.165, 1.54) is 12.4 Å². The highest BCUT2D eigenvalue weighted by Crippen LogP contribution is 2.38. The maximum absolute atomic E-state index is 12.6. The molecule has 1 amide bonds. The van der Waals surface area contributed by atoms with Crippen LogP contribution in [0.25, 0.3) is 0 Å². The van der Waals surface area contributed by atoms with Crippen LogP contribution in [0.15, 0.2) is 18.5 Å². The number of carbonyl (C=O) groups is 2. The molecule has 2 fully saturated rings. The van der Waals surface area contributed by atoms with Crippen molar-refractivity contribution in [3.8, 4) is 0 Å². The Morgan fingerprint density at radius 2 is 2.11 bits per heavy atom.